The maximum atomic E-state index is 9.23. The molecule has 1 aliphatic carbocycles. The van der Waals surface area contributed by atoms with Gasteiger partial charge in [0.1, 0.15) is 11.4 Å². The highest BCUT2D eigenvalue weighted by Gasteiger charge is 2.27. The van der Waals surface area contributed by atoms with Gasteiger partial charge in [0, 0.05) is 5.92 Å². The third-order valence-electron chi connectivity index (χ3n) is 3.77. The lowest BCUT2D eigenvalue weighted by Gasteiger charge is -2.09. The highest BCUT2D eigenvalue weighted by atomic mass is 16.5. The third kappa shape index (κ3) is 3.01. The molecule has 0 fully saturated rings. The second-order valence-corrected chi connectivity index (χ2v) is 5.44. The summed E-state index contributed by atoms with van der Waals surface area (Å²) in [4.78, 5) is 0. The lowest BCUT2D eigenvalue weighted by atomic mass is 10.1. The summed E-state index contributed by atoms with van der Waals surface area (Å²) >= 11 is 0. The summed E-state index contributed by atoms with van der Waals surface area (Å²) in [6.07, 6.45) is 4.73. The molecule has 2 aromatic rings. The first-order chi connectivity index (χ1) is 11.7. The summed E-state index contributed by atoms with van der Waals surface area (Å²) in [5, 5.41) is 32.0. The normalized spacial score (nSPS) is 12.7. The molecule has 1 N–H and O–H groups in total. The van der Waals surface area contributed by atoms with E-state index in [4.69, 9.17) is 15.3 Å². The van der Waals surface area contributed by atoms with Gasteiger partial charge in [-0.3, -0.25) is 4.68 Å². The fraction of sp³-hybridized carbons (Fsp3) is 0.278. The summed E-state index contributed by atoms with van der Waals surface area (Å²) in [6.45, 7) is 2.39. The van der Waals surface area contributed by atoms with E-state index in [1.807, 2.05) is 31.2 Å². The van der Waals surface area contributed by atoms with Gasteiger partial charge < -0.3 is 9.84 Å². The molecular weight excluding hydrogens is 304 g/mol. The second-order valence-electron chi connectivity index (χ2n) is 5.44. The van der Waals surface area contributed by atoms with E-state index in [1.54, 1.807) is 16.8 Å². The van der Waals surface area contributed by atoms with E-state index in [9.17, 15) is 5.11 Å². The number of nitriles is 2. The van der Waals surface area contributed by atoms with Gasteiger partial charge in [-0.2, -0.15) is 15.6 Å². The Balaban J connectivity index is 2.03. The lowest BCUT2D eigenvalue weighted by Crippen LogP contribution is -2.08. The van der Waals surface area contributed by atoms with Crippen molar-refractivity contribution in [3.05, 3.63) is 52.9 Å². The first kappa shape index (κ1) is 15.8. The average Bonchev–Trinajstić information content (AvgIpc) is 3.39. The van der Waals surface area contributed by atoms with Crippen LogP contribution < -0.4 is 4.74 Å². The quantitative estimate of drug-likeness (QED) is 0.826. The molecule has 0 atom stereocenters. The summed E-state index contributed by atoms with van der Waals surface area (Å²) < 4.78 is 7.79. The molecule has 0 spiro atoms. The SMILES string of the molecule is CCc1c(Oc2cc(C#N)cc(C#N)c2)c(C2C=C2)nn1CCO. The molecule has 0 radical (unpaired) electrons. The van der Waals surface area contributed by atoms with Crippen LogP contribution in [-0.4, -0.2) is 21.5 Å². The Kier molecular flexibility index (Phi) is 4.33. The summed E-state index contributed by atoms with van der Waals surface area (Å²) in [5.41, 5.74) is 2.42. The van der Waals surface area contributed by atoms with Crippen LogP contribution >= 0.6 is 0 Å². The molecule has 1 heterocycles. The van der Waals surface area contributed by atoms with Gasteiger partial charge >= 0.3 is 0 Å². The number of allylic oxidation sites excluding steroid dienone is 2. The van der Waals surface area contributed by atoms with Crippen LogP contribution in [0.5, 0.6) is 11.5 Å². The van der Waals surface area contributed by atoms with E-state index in [0.717, 1.165) is 11.4 Å². The predicted octanol–water partition coefficient (Wildman–Crippen LogP) is 2.63. The van der Waals surface area contributed by atoms with Gasteiger partial charge in [-0.05, 0) is 24.6 Å². The third-order valence-corrected chi connectivity index (χ3v) is 3.77. The summed E-state index contributed by atoms with van der Waals surface area (Å²) in [7, 11) is 0. The second kappa shape index (κ2) is 6.57. The zero-order valence-electron chi connectivity index (χ0n) is 13.2. The van der Waals surface area contributed by atoms with Crippen LogP contribution in [0, 0.1) is 22.7 Å². The molecule has 6 nitrogen and oxygen atoms in total. The van der Waals surface area contributed by atoms with Crippen molar-refractivity contribution in [2.45, 2.75) is 25.8 Å². The molecule has 0 amide bonds. The van der Waals surface area contributed by atoms with E-state index in [0.29, 0.717) is 35.6 Å². The lowest BCUT2D eigenvalue weighted by molar-refractivity contribution is 0.267. The molecule has 120 valence electrons. The highest BCUT2D eigenvalue weighted by Crippen LogP contribution is 2.40. The smallest absolute Gasteiger partial charge is 0.172 e. The van der Waals surface area contributed by atoms with Gasteiger partial charge in [0.15, 0.2) is 5.75 Å². The zero-order valence-corrected chi connectivity index (χ0v) is 13.2. The Morgan fingerprint density at radius 2 is 1.88 bits per heavy atom. The van der Waals surface area contributed by atoms with E-state index < -0.39 is 0 Å². The molecule has 1 aromatic carbocycles. The van der Waals surface area contributed by atoms with Crippen LogP contribution in [0.15, 0.2) is 30.4 Å². The Bertz CT molecular complexity index is 845. The van der Waals surface area contributed by atoms with Crippen molar-refractivity contribution in [3.8, 4) is 23.6 Å². The van der Waals surface area contributed by atoms with Gasteiger partial charge in [-0.1, -0.05) is 19.1 Å². The van der Waals surface area contributed by atoms with Crippen molar-refractivity contribution in [3.63, 3.8) is 0 Å². The van der Waals surface area contributed by atoms with E-state index in [1.165, 1.54) is 6.07 Å². The Morgan fingerprint density at radius 1 is 1.21 bits per heavy atom. The van der Waals surface area contributed by atoms with Crippen molar-refractivity contribution in [2.75, 3.05) is 6.61 Å². The Labute approximate surface area is 139 Å². The van der Waals surface area contributed by atoms with Gasteiger partial charge in [0.2, 0.25) is 0 Å². The van der Waals surface area contributed by atoms with E-state index in [-0.39, 0.29) is 12.5 Å². The predicted molar refractivity (Wildman–Crippen MR) is 86.5 cm³/mol. The highest BCUT2D eigenvalue weighted by molar-refractivity contribution is 5.50. The van der Waals surface area contributed by atoms with Crippen molar-refractivity contribution in [1.82, 2.24) is 9.78 Å². The number of aromatic nitrogens is 2. The fourth-order valence-corrected chi connectivity index (χ4v) is 2.60. The fourth-order valence-electron chi connectivity index (χ4n) is 2.60. The Morgan fingerprint density at radius 3 is 2.38 bits per heavy atom. The van der Waals surface area contributed by atoms with Crippen LogP contribution in [0.3, 0.4) is 0 Å². The zero-order chi connectivity index (χ0) is 17.1. The van der Waals surface area contributed by atoms with Crippen LogP contribution in [-0.2, 0) is 13.0 Å². The molecule has 3 rings (SSSR count). The number of hydrogen-bond acceptors (Lipinski definition) is 5. The topological polar surface area (TPSA) is 94.9 Å². The molecule has 24 heavy (non-hydrogen) atoms. The number of rotatable bonds is 6. The number of ether oxygens (including phenoxy) is 1. The minimum atomic E-state index is -0.00580. The summed E-state index contributed by atoms with van der Waals surface area (Å²) in [6, 6.07) is 8.80. The van der Waals surface area contributed by atoms with E-state index >= 15 is 0 Å². The maximum Gasteiger partial charge on any atom is 0.172 e. The first-order valence-corrected chi connectivity index (χ1v) is 7.72. The minimum Gasteiger partial charge on any atom is -0.453 e. The number of aliphatic hydroxyl groups excluding tert-OH is 1. The van der Waals surface area contributed by atoms with Crippen LogP contribution in [0.25, 0.3) is 0 Å². The number of hydrogen-bond donors (Lipinski definition) is 1. The molecule has 0 saturated heterocycles. The molecule has 0 saturated carbocycles. The van der Waals surface area contributed by atoms with Crippen molar-refractivity contribution >= 4 is 0 Å². The van der Waals surface area contributed by atoms with Crippen LogP contribution in [0.1, 0.15) is 35.4 Å². The Hall–Kier alpha value is -3.09. The number of nitrogens with zero attached hydrogens (tertiary/aromatic N) is 4. The van der Waals surface area contributed by atoms with Gasteiger partial charge in [0.05, 0.1) is 42.1 Å². The van der Waals surface area contributed by atoms with E-state index in [2.05, 4.69) is 5.10 Å². The maximum absolute atomic E-state index is 9.23. The molecule has 1 aromatic heterocycles. The monoisotopic (exact) mass is 320 g/mol. The number of benzene rings is 1. The average molecular weight is 320 g/mol. The molecule has 0 bridgehead atoms. The first-order valence-electron chi connectivity index (χ1n) is 7.72. The van der Waals surface area contributed by atoms with Gasteiger partial charge in [0.25, 0.3) is 0 Å². The minimum absolute atomic E-state index is 0.00580. The van der Waals surface area contributed by atoms with Crippen molar-refractivity contribution in [2.24, 2.45) is 0 Å². The standard InChI is InChI=1S/C18H16N4O2/c1-2-16-18(17(14-3-4-14)21-22(16)5-6-23)24-15-8-12(10-19)7-13(9-15)11-20/h3-4,7-9,14,23H,2,5-6H2,1H3. The van der Waals surface area contributed by atoms with Crippen molar-refractivity contribution in [1.29, 1.82) is 10.5 Å². The summed E-state index contributed by atoms with van der Waals surface area (Å²) in [5.74, 6) is 1.21. The molecule has 1 aliphatic rings. The molecular formula is C18H16N4O2. The molecule has 0 unspecified atom stereocenters. The van der Waals surface area contributed by atoms with Gasteiger partial charge in [-0.15, -0.1) is 0 Å². The van der Waals surface area contributed by atoms with Crippen LogP contribution in [0.2, 0.25) is 0 Å². The molecule has 6 heteroatoms. The van der Waals surface area contributed by atoms with Crippen molar-refractivity contribution < 1.29 is 9.84 Å². The van der Waals surface area contributed by atoms with Gasteiger partial charge in [-0.25, -0.2) is 0 Å². The number of aliphatic hydroxyl groups is 1. The largest absolute Gasteiger partial charge is 0.453 e. The van der Waals surface area contributed by atoms with Crippen LogP contribution in [0.4, 0.5) is 0 Å². The molecule has 0 aliphatic heterocycles.